The lowest BCUT2D eigenvalue weighted by atomic mass is 9.85. The van der Waals surface area contributed by atoms with Gasteiger partial charge in [-0.2, -0.15) is 0 Å². The van der Waals surface area contributed by atoms with Gasteiger partial charge in [-0.15, -0.1) is 0 Å². The van der Waals surface area contributed by atoms with Gasteiger partial charge in [0.25, 0.3) is 0 Å². The van der Waals surface area contributed by atoms with E-state index in [1.54, 1.807) is 0 Å². The zero-order valence-electron chi connectivity index (χ0n) is 13.1. The Morgan fingerprint density at radius 2 is 1.75 bits per heavy atom. The summed E-state index contributed by atoms with van der Waals surface area (Å²) < 4.78 is 0. The minimum atomic E-state index is -0.0289. The van der Waals surface area contributed by atoms with E-state index in [9.17, 15) is 0 Å². The maximum absolute atomic E-state index is 6.12. The lowest BCUT2D eigenvalue weighted by Gasteiger charge is -2.45. The highest BCUT2D eigenvalue weighted by Crippen LogP contribution is 2.34. The van der Waals surface area contributed by atoms with Crippen molar-refractivity contribution in [1.82, 2.24) is 0 Å². The molecule has 0 saturated carbocycles. The number of nitrogens with zero attached hydrogens (tertiary/aromatic N) is 1. The van der Waals surface area contributed by atoms with Gasteiger partial charge in [0.1, 0.15) is 0 Å². The summed E-state index contributed by atoms with van der Waals surface area (Å²) in [6.07, 6.45) is 0. The first-order valence-corrected chi connectivity index (χ1v) is 7.50. The highest BCUT2D eigenvalue weighted by Gasteiger charge is 2.33. The van der Waals surface area contributed by atoms with Crippen molar-refractivity contribution in [3.63, 3.8) is 0 Å². The Bertz CT molecular complexity index is 571. The normalized spacial score (nSPS) is 14.5. The zero-order chi connectivity index (χ0) is 14.8. The van der Waals surface area contributed by atoms with Crippen LogP contribution in [0.1, 0.15) is 27.7 Å². The molecule has 1 atom stereocenters. The first-order valence-electron chi connectivity index (χ1n) is 7.50. The summed E-state index contributed by atoms with van der Waals surface area (Å²) in [5.41, 5.74) is 7.38. The number of anilines is 1. The van der Waals surface area contributed by atoms with E-state index in [0.717, 1.165) is 6.54 Å². The summed E-state index contributed by atoms with van der Waals surface area (Å²) in [6, 6.07) is 15.1. The topological polar surface area (TPSA) is 29.3 Å². The fraction of sp³-hybridized carbons (Fsp3) is 0.444. The molecule has 0 aliphatic carbocycles. The lowest BCUT2D eigenvalue weighted by Crippen LogP contribution is -2.55. The van der Waals surface area contributed by atoms with Gasteiger partial charge in [-0.25, -0.2) is 0 Å². The van der Waals surface area contributed by atoms with Gasteiger partial charge >= 0.3 is 0 Å². The van der Waals surface area contributed by atoms with Crippen molar-refractivity contribution in [2.45, 2.75) is 33.2 Å². The Hall–Kier alpha value is -1.54. The average Bonchev–Trinajstić information content (AvgIpc) is 2.47. The molecule has 0 radical (unpaired) electrons. The molecule has 20 heavy (non-hydrogen) atoms. The third-order valence-corrected chi connectivity index (χ3v) is 4.65. The fourth-order valence-electron chi connectivity index (χ4n) is 2.91. The molecule has 0 spiro atoms. The van der Waals surface area contributed by atoms with Crippen molar-refractivity contribution in [3.8, 4) is 0 Å². The van der Waals surface area contributed by atoms with E-state index < -0.39 is 0 Å². The summed E-state index contributed by atoms with van der Waals surface area (Å²) in [7, 11) is 0. The second-order valence-electron chi connectivity index (χ2n) is 5.96. The van der Waals surface area contributed by atoms with E-state index in [-0.39, 0.29) is 5.54 Å². The predicted octanol–water partition coefficient (Wildman–Crippen LogP) is 4.04. The van der Waals surface area contributed by atoms with Crippen molar-refractivity contribution in [2.24, 2.45) is 11.7 Å². The molecule has 0 saturated heterocycles. The maximum atomic E-state index is 6.12. The number of hydrogen-bond acceptors (Lipinski definition) is 2. The van der Waals surface area contributed by atoms with E-state index in [1.165, 1.54) is 16.5 Å². The molecule has 2 nitrogen and oxygen atoms in total. The molecule has 2 aromatic rings. The summed E-state index contributed by atoms with van der Waals surface area (Å²) in [4.78, 5) is 2.46. The molecule has 2 heteroatoms. The summed E-state index contributed by atoms with van der Waals surface area (Å²) in [6.45, 7) is 10.6. The average molecular weight is 270 g/mol. The van der Waals surface area contributed by atoms with Crippen molar-refractivity contribution in [1.29, 1.82) is 0 Å². The molecular formula is C18H26N2. The number of likely N-dealkylation sites (N-methyl/N-ethyl adjacent to an activating group) is 1. The summed E-state index contributed by atoms with van der Waals surface area (Å²) in [5, 5.41) is 2.59. The minimum absolute atomic E-state index is 0.0289. The molecule has 2 N–H and O–H groups in total. The van der Waals surface area contributed by atoms with Crippen LogP contribution in [0.3, 0.4) is 0 Å². The largest absolute Gasteiger partial charge is 0.364 e. The minimum Gasteiger partial charge on any atom is -0.364 e. The molecular weight excluding hydrogens is 244 g/mol. The standard InChI is InChI=1S/C18H26N2/c1-5-20(18(4,13-19)14(2)3)17-12-8-10-15-9-6-7-11-16(15)17/h6-12,14H,5,13,19H2,1-4H3. The Kier molecular flexibility index (Phi) is 4.34. The third-order valence-electron chi connectivity index (χ3n) is 4.65. The van der Waals surface area contributed by atoms with Gasteiger partial charge in [0, 0.05) is 24.2 Å². The van der Waals surface area contributed by atoms with E-state index in [1.807, 2.05) is 0 Å². The number of nitrogens with two attached hydrogens (primary N) is 1. The Labute approximate surface area is 122 Å². The Morgan fingerprint density at radius 3 is 2.35 bits per heavy atom. The molecule has 0 heterocycles. The first kappa shape index (κ1) is 14.9. The molecule has 0 fully saturated rings. The molecule has 2 aromatic carbocycles. The fourth-order valence-corrected chi connectivity index (χ4v) is 2.91. The van der Waals surface area contributed by atoms with Gasteiger partial charge in [-0.3, -0.25) is 0 Å². The van der Waals surface area contributed by atoms with Gasteiger partial charge in [0.2, 0.25) is 0 Å². The van der Waals surface area contributed by atoms with Crippen molar-refractivity contribution < 1.29 is 0 Å². The Morgan fingerprint density at radius 1 is 1.10 bits per heavy atom. The van der Waals surface area contributed by atoms with E-state index in [2.05, 4.69) is 75.1 Å². The van der Waals surface area contributed by atoms with Crippen LogP contribution in [0.15, 0.2) is 42.5 Å². The highest BCUT2D eigenvalue weighted by atomic mass is 15.2. The second-order valence-corrected chi connectivity index (χ2v) is 5.96. The van der Waals surface area contributed by atoms with Crippen LogP contribution in [0, 0.1) is 5.92 Å². The Balaban J connectivity index is 2.60. The quantitative estimate of drug-likeness (QED) is 0.888. The van der Waals surface area contributed by atoms with Gasteiger partial charge in [0.05, 0.1) is 5.54 Å². The lowest BCUT2D eigenvalue weighted by molar-refractivity contribution is 0.323. The van der Waals surface area contributed by atoms with Crippen LogP contribution < -0.4 is 10.6 Å². The number of fused-ring (bicyclic) bond motifs is 1. The van der Waals surface area contributed by atoms with Crippen LogP contribution >= 0.6 is 0 Å². The van der Waals surface area contributed by atoms with Crippen LogP contribution in [-0.2, 0) is 0 Å². The van der Waals surface area contributed by atoms with Gasteiger partial charge < -0.3 is 10.6 Å². The van der Waals surface area contributed by atoms with E-state index in [4.69, 9.17) is 5.73 Å². The number of hydrogen-bond donors (Lipinski definition) is 1. The van der Waals surface area contributed by atoms with Crippen molar-refractivity contribution in [3.05, 3.63) is 42.5 Å². The smallest absolute Gasteiger partial charge is 0.0518 e. The maximum Gasteiger partial charge on any atom is 0.0518 e. The molecule has 0 aliphatic rings. The molecule has 0 aliphatic heterocycles. The molecule has 0 aromatic heterocycles. The van der Waals surface area contributed by atoms with Gasteiger partial charge in [0.15, 0.2) is 0 Å². The second kappa shape index (κ2) is 5.84. The molecule has 0 bridgehead atoms. The third kappa shape index (κ3) is 2.40. The van der Waals surface area contributed by atoms with Crippen LogP contribution in [0.2, 0.25) is 0 Å². The number of rotatable bonds is 5. The van der Waals surface area contributed by atoms with Crippen LogP contribution in [0.25, 0.3) is 10.8 Å². The molecule has 108 valence electrons. The predicted molar refractivity (Wildman–Crippen MR) is 89.3 cm³/mol. The van der Waals surface area contributed by atoms with Crippen molar-refractivity contribution >= 4 is 16.5 Å². The highest BCUT2D eigenvalue weighted by molar-refractivity contribution is 5.94. The van der Waals surface area contributed by atoms with Crippen molar-refractivity contribution in [2.75, 3.05) is 18.0 Å². The first-order chi connectivity index (χ1) is 9.54. The van der Waals surface area contributed by atoms with Gasteiger partial charge in [-0.1, -0.05) is 50.2 Å². The molecule has 2 rings (SSSR count). The van der Waals surface area contributed by atoms with Crippen LogP contribution in [-0.4, -0.2) is 18.6 Å². The zero-order valence-corrected chi connectivity index (χ0v) is 13.1. The number of benzene rings is 2. The van der Waals surface area contributed by atoms with Crippen LogP contribution in [0.4, 0.5) is 5.69 Å². The van der Waals surface area contributed by atoms with E-state index in [0.29, 0.717) is 12.5 Å². The van der Waals surface area contributed by atoms with E-state index >= 15 is 0 Å². The summed E-state index contributed by atoms with van der Waals surface area (Å²) >= 11 is 0. The molecule has 1 unspecified atom stereocenters. The summed E-state index contributed by atoms with van der Waals surface area (Å²) in [5.74, 6) is 0.492. The van der Waals surface area contributed by atoms with Gasteiger partial charge in [-0.05, 0) is 31.2 Å². The SMILES string of the molecule is CCN(c1cccc2ccccc12)C(C)(CN)C(C)C. The monoisotopic (exact) mass is 270 g/mol. The molecule has 0 amide bonds. The van der Waals surface area contributed by atoms with Crippen LogP contribution in [0.5, 0.6) is 0 Å².